The Morgan fingerprint density at radius 3 is 2.62 bits per heavy atom. The first-order chi connectivity index (χ1) is 14.2. The van der Waals surface area contributed by atoms with Crippen LogP contribution >= 0.6 is 0 Å². The van der Waals surface area contributed by atoms with Crippen LogP contribution in [-0.2, 0) is 11.3 Å². The van der Waals surface area contributed by atoms with E-state index in [2.05, 4.69) is 20.2 Å². The van der Waals surface area contributed by atoms with Crippen LogP contribution in [0.15, 0.2) is 54.6 Å². The first kappa shape index (κ1) is 19.2. The monoisotopic (exact) mass is 390 g/mol. The van der Waals surface area contributed by atoms with Crippen molar-refractivity contribution in [2.24, 2.45) is 0 Å². The zero-order valence-electron chi connectivity index (χ0n) is 16.1. The molecule has 1 fully saturated rings. The van der Waals surface area contributed by atoms with Crippen LogP contribution in [0.4, 0.5) is 10.2 Å². The highest BCUT2D eigenvalue weighted by Crippen LogP contribution is 2.21. The second-order valence-electron chi connectivity index (χ2n) is 7.19. The molecule has 4 rings (SSSR count). The number of nitrogens with one attached hydrogen (secondary N) is 1. The van der Waals surface area contributed by atoms with Gasteiger partial charge in [-0.05, 0) is 50.2 Å². The van der Waals surface area contributed by atoms with Gasteiger partial charge < -0.3 is 5.32 Å². The van der Waals surface area contributed by atoms with Crippen LogP contribution in [-0.4, -0.2) is 33.9 Å². The van der Waals surface area contributed by atoms with E-state index in [0.29, 0.717) is 23.8 Å². The summed E-state index contributed by atoms with van der Waals surface area (Å²) >= 11 is 0. The Morgan fingerprint density at radius 1 is 1.03 bits per heavy atom. The molecule has 3 aromatic rings. The first-order valence-electron chi connectivity index (χ1n) is 9.91. The molecule has 2 heterocycles. The van der Waals surface area contributed by atoms with Gasteiger partial charge >= 0.3 is 0 Å². The van der Waals surface area contributed by atoms with Crippen LogP contribution < -0.4 is 5.32 Å². The lowest BCUT2D eigenvalue weighted by Crippen LogP contribution is -2.30. The van der Waals surface area contributed by atoms with E-state index in [1.807, 2.05) is 24.3 Å². The highest BCUT2D eigenvalue weighted by molar-refractivity contribution is 6.05. The van der Waals surface area contributed by atoms with Crippen LogP contribution in [0.25, 0.3) is 17.0 Å². The van der Waals surface area contributed by atoms with Crippen LogP contribution in [0.2, 0.25) is 0 Å². The largest absolute Gasteiger partial charge is 0.306 e. The summed E-state index contributed by atoms with van der Waals surface area (Å²) in [4.78, 5) is 24.1. The van der Waals surface area contributed by atoms with Gasteiger partial charge in [-0.3, -0.25) is 9.69 Å². The van der Waals surface area contributed by atoms with E-state index < -0.39 is 0 Å². The Kier molecular flexibility index (Phi) is 5.91. The minimum Gasteiger partial charge on any atom is -0.306 e. The van der Waals surface area contributed by atoms with E-state index in [4.69, 9.17) is 0 Å². The maximum Gasteiger partial charge on any atom is 0.249 e. The average Bonchev–Trinajstić information content (AvgIpc) is 2.74. The van der Waals surface area contributed by atoms with Crippen molar-refractivity contribution >= 4 is 28.7 Å². The lowest BCUT2D eigenvalue weighted by atomic mass is 10.1. The molecule has 0 unspecified atom stereocenters. The number of anilines is 1. The van der Waals surface area contributed by atoms with Gasteiger partial charge in [0.1, 0.15) is 17.5 Å². The number of hydrogen-bond acceptors (Lipinski definition) is 4. The summed E-state index contributed by atoms with van der Waals surface area (Å²) in [6.07, 6.45) is 6.43. The molecule has 0 spiro atoms. The fourth-order valence-corrected chi connectivity index (χ4v) is 3.54. The SMILES string of the molecule is O=C(C=Cc1ccccc1F)Nc1nc(CN2CCCCC2)nc2ccccc12. The number of amides is 1. The second kappa shape index (κ2) is 8.92. The average molecular weight is 390 g/mol. The summed E-state index contributed by atoms with van der Waals surface area (Å²) in [5.74, 6) is 0.443. The van der Waals surface area contributed by atoms with Gasteiger partial charge in [0, 0.05) is 17.0 Å². The maximum absolute atomic E-state index is 13.7. The van der Waals surface area contributed by atoms with Crippen molar-refractivity contribution in [1.82, 2.24) is 14.9 Å². The fourth-order valence-electron chi connectivity index (χ4n) is 3.54. The molecule has 0 atom stereocenters. The summed E-state index contributed by atoms with van der Waals surface area (Å²) in [7, 11) is 0. The van der Waals surface area contributed by atoms with Crippen LogP contribution in [0.5, 0.6) is 0 Å². The number of fused-ring (bicyclic) bond motifs is 1. The number of piperidine rings is 1. The number of carbonyl (C=O) groups excluding carboxylic acids is 1. The third-order valence-corrected chi connectivity index (χ3v) is 5.02. The van der Waals surface area contributed by atoms with Gasteiger partial charge in [-0.15, -0.1) is 0 Å². The van der Waals surface area contributed by atoms with Crippen LogP contribution in [0.3, 0.4) is 0 Å². The predicted octanol–water partition coefficient (Wildman–Crippen LogP) is 4.41. The second-order valence-corrected chi connectivity index (χ2v) is 7.19. The van der Waals surface area contributed by atoms with Crippen molar-refractivity contribution in [2.45, 2.75) is 25.8 Å². The molecule has 5 nitrogen and oxygen atoms in total. The van der Waals surface area contributed by atoms with Gasteiger partial charge in [-0.1, -0.05) is 36.8 Å². The topological polar surface area (TPSA) is 58.1 Å². The molecular formula is C23H23FN4O. The normalized spacial score (nSPS) is 15.1. The Hall–Kier alpha value is -3.12. The van der Waals surface area contributed by atoms with Gasteiger partial charge in [0.15, 0.2) is 0 Å². The summed E-state index contributed by atoms with van der Waals surface area (Å²) < 4.78 is 13.7. The van der Waals surface area contributed by atoms with Crippen molar-refractivity contribution in [3.05, 3.63) is 71.8 Å². The zero-order valence-corrected chi connectivity index (χ0v) is 16.1. The van der Waals surface area contributed by atoms with Gasteiger partial charge in [-0.25, -0.2) is 14.4 Å². The Morgan fingerprint density at radius 2 is 1.79 bits per heavy atom. The smallest absolute Gasteiger partial charge is 0.249 e. The number of hydrogen-bond donors (Lipinski definition) is 1. The minimum atomic E-state index is -0.368. The fraction of sp³-hybridized carbons (Fsp3) is 0.261. The maximum atomic E-state index is 13.7. The number of nitrogens with zero attached hydrogens (tertiary/aromatic N) is 3. The van der Waals surface area contributed by atoms with E-state index in [0.717, 1.165) is 24.0 Å². The number of rotatable bonds is 5. The number of likely N-dealkylation sites (tertiary alicyclic amines) is 1. The first-order valence-corrected chi connectivity index (χ1v) is 9.91. The zero-order chi connectivity index (χ0) is 20.1. The standard InChI is InChI=1S/C23H23FN4O/c24-19-10-4-2-8-17(19)12-13-22(29)27-23-18-9-3-5-11-20(18)25-21(26-23)16-28-14-6-1-7-15-28/h2-5,8-13H,1,6-7,14-16H2,(H,25,26,27,29). The molecule has 0 radical (unpaired) electrons. The molecule has 1 amide bonds. The summed E-state index contributed by atoms with van der Waals surface area (Å²) in [5.41, 5.74) is 1.16. The van der Waals surface area contributed by atoms with E-state index in [1.54, 1.807) is 18.2 Å². The number of para-hydroxylation sites is 1. The van der Waals surface area contributed by atoms with Crippen molar-refractivity contribution in [1.29, 1.82) is 0 Å². The molecule has 1 aliphatic heterocycles. The number of halogens is 1. The highest BCUT2D eigenvalue weighted by Gasteiger charge is 2.15. The molecule has 1 N–H and O–H groups in total. The Labute approximate surface area is 169 Å². The number of benzene rings is 2. The number of carbonyl (C=O) groups is 1. The molecule has 2 aromatic carbocycles. The van der Waals surface area contributed by atoms with Crippen LogP contribution in [0.1, 0.15) is 30.7 Å². The van der Waals surface area contributed by atoms with E-state index >= 15 is 0 Å². The predicted molar refractivity (Wildman–Crippen MR) is 113 cm³/mol. The third kappa shape index (κ3) is 4.84. The van der Waals surface area contributed by atoms with E-state index in [9.17, 15) is 9.18 Å². The lowest BCUT2D eigenvalue weighted by molar-refractivity contribution is -0.111. The highest BCUT2D eigenvalue weighted by atomic mass is 19.1. The molecule has 6 heteroatoms. The molecule has 29 heavy (non-hydrogen) atoms. The molecule has 1 aromatic heterocycles. The molecule has 1 saturated heterocycles. The molecule has 0 aliphatic carbocycles. The quantitative estimate of drug-likeness (QED) is 0.656. The Bertz CT molecular complexity index is 1040. The summed E-state index contributed by atoms with van der Waals surface area (Å²) in [6.45, 7) is 2.76. The van der Waals surface area contributed by atoms with Gasteiger partial charge in [0.2, 0.25) is 5.91 Å². The lowest BCUT2D eigenvalue weighted by Gasteiger charge is -2.25. The van der Waals surface area contributed by atoms with Gasteiger partial charge in [-0.2, -0.15) is 0 Å². The van der Waals surface area contributed by atoms with E-state index in [-0.39, 0.29) is 11.7 Å². The molecule has 148 valence electrons. The van der Waals surface area contributed by atoms with Gasteiger partial charge in [0.25, 0.3) is 0 Å². The molecular weight excluding hydrogens is 367 g/mol. The van der Waals surface area contributed by atoms with Crippen molar-refractivity contribution in [3.8, 4) is 0 Å². The molecule has 0 saturated carbocycles. The number of aromatic nitrogens is 2. The van der Waals surface area contributed by atoms with Crippen LogP contribution in [0, 0.1) is 5.82 Å². The van der Waals surface area contributed by atoms with Crippen molar-refractivity contribution < 1.29 is 9.18 Å². The summed E-state index contributed by atoms with van der Waals surface area (Å²) in [6, 6.07) is 13.9. The van der Waals surface area contributed by atoms with Gasteiger partial charge in [0.05, 0.1) is 12.1 Å². The van der Waals surface area contributed by atoms with E-state index in [1.165, 1.54) is 37.5 Å². The molecule has 0 bridgehead atoms. The Balaban J connectivity index is 1.56. The van der Waals surface area contributed by atoms with Crippen molar-refractivity contribution in [3.63, 3.8) is 0 Å². The molecule has 1 aliphatic rings. The minimum absolute atomic E-state index is 0.360. The summed E-state index contributed by atoms with van der Waals surface area (Å²) in [5, 5.41) is 3.61. The van der Waals surface area contributed by atoms with Crippen molar-refractivity contribution in [2.75, 3.05) is 18.4 Å². The third-order valence-electron chi connectivity index (χ3n) is 5.02.